The Morgan fingerprint density at radius 2 is 2.04 bits per heavy atom. The highest BCUT2D eigenvalue weighted by atomic mass is 16.2. The van der Waals surface area contributed by atoms with E-state index in [1.807, 2.05) is 26.8 Å². The summed E-state index contributed by atoms with van der Waals surface area (Å²) in [6, 6.07) is 1.53. The summed E-state index contributed by atoms with van der Waals surface area (Å²) in [7, 11) is 0. The van der Waals surface area contributed by atoms with Crippen LogP contribution < -0.4 is 10.9 Å². The second-order valence-electron chi connectivity index (χ2n) is 5.93. The molecule has 2 aromatic rings. The fourth-order valence-electron chi connectivity index (χ4n) is 2.92. The minimum absolute atomic E-state index is 0.191. The first-order valence-corrected chi connectivity index (χ1v) is 8.30. The Bertz CT molecular complexity index is 791. The van der Waals surface area contributed by atoms with Gasteiger partial charge in [-0.3, -0.25) is 9.59 Å². The van der Waals surface area contributed by atoms with Gasteiger partial charge in [-0.25, -0.2) is 9.67 Å². The molecule has 0 aromatic carbocycles. The lowest BCUT2D eigenvalue weighted by Gasteiger charge is -2.16. The van der Waals surface area contributed by atoms with Crippen LogP contribution in [0, 0.1) is 13.8 Å². The third-order valence-corrected chi connectivity index (χ3v) is 4.06. The Hall–Kier alpha value is -2.44. The van der Waals surface area contributed by atoms with Gasteiger partial charge in [-0.2, -0.15) is 5.10 Å². The molecule has 2 rings (SSSR count). The molecule has 0 radical (unpaired) electrons. The first kappa shape index (κ1) is 17.9. The maximum Gasteiger partial charge on any atom is 0.263 e. The van der Waals surface area contributed by atoms with Crippen LogP contribution in [0.1, 0.15) is 60.7 Å². The molecule has 0 fully saturated rings. The topological polar surface area (TPSA) is 81.8 Å². The van der Waals surface area contributed by atoms with E-state index >= 15 is 0 Å². The standard InChI is InChI=1S/C17H25N5O2/c1-6-8-22-15(18-10-19-22)13(5)20-16(23)14-11(3)9-12(4)21(7-2)17(14)24/h9-10,13H,6-8H2,1-5H3,(H,20,23)/t13-/m1/s1. The molecule has 2 aromatic heterocycles. The summed E-state index contributed by atoms with van der Waals surface area (Å²) in [5.41, 5.74) is 1.47. The number of rotatable bonds is 6. The molecule has 1 amide bonds. The number of amides is 1. The summed E-state index contributed by atoms with van der Waals surface area (Å²) >= 11 is 0. The highest BCUT2D eigenvalue weighted by Crippen LogP contribution is 2.12. The van der Waals surface area contributed by atoms with Crippen LogP contribution in [0.3, 0.4) is 0 Å². The van der Waals surface area contributed by atoms with Crippen molar-refractivity contribution in [2.45, 2.75) is 60.2 Å². The SMILES string of the molecule is CCCn1ncnc1[C@@H](C)NC(=O)c1c(C)cc(C)n(CC)c1=O. The van der Waals surface area contributed by atoms with Crippen molar-refractivity contribution in [3.63, 3.8) is 0 Å². The summed E-state index contributed by atoms with van der Waals surface area (Å²) < 4.78 is 3.38. The number of pyridine rings is 1. The largest absolute Gasteiger partial charge is 0.342 e. The molecule has 0 aliphatic heterocycles. The molecule has 0 saturated heterocycles. The lowest BCUT2D eigenvalue weighted by molar-refractivity contribution is 0.0934. The molecular formula is C17H25N5O2. The van der Waals surface area contributed by atoms with E-state index in [1.54, 1.807) is 16.2 Å². The molecule has 0 aliphatic rings. The summed E-state index contributed by atoms with van der Waals surface area (Å²) in [5, 5.41) is 7.04. The molecule has 2 heterocycles. The maximum absolute atomic E-state index is 12.7. The minimum atomic E-state index is -0.377. The molecule has 0 aliphatic carbocycles. The van der Waals surface area contributed by atoms with Crippen LogP contribution >= 0.6 is 0 Å². The van der Waals surface area contributed by atoms with Crippen molar-refractivity contribution in [2.75, 3.05) is 0 Å². The van der Waals surface area contributed by atoms with Gasteiger partial charge in [0.05, 0.1) is 6.04 Å². The predicted molar refractivity (Wildman–Crippen MR) is 92.0 cm³/mol. The molecule has 7 nitrogen and oxygen atoms in total. The van der Waals surface area contributed by atoms with Gasteiger partial charge in [0, 0.05) is 18.8 Å². The third kappa shape index (κ3) is 3.39. The number of nitrogens with zero attached hydrogens (tertiary/aromatic N) is 4. The van der Waals surface area contributed by atoms with E-state index < -0.39 is 0 Å². The van der Waals surface area contributed by atoms with Gasteiger partial charge in [-0.15, -0.1) is 0 Å². The predicted octanol–water partition coefficient (Wildman–Crippen LogP) is 1.98. The van der Waals surface area contributed by atoms with Gasteiger partial charge < -0.3 is 9.88 Å². The number of carbonyl (C=O) groups excluding carboxylic acids is 1. The van der Waals surface area contributed by atoms with Crippen LogP contribution in [0.15, 0.2) is 17.2 Å². The summed E-state index contributed by atoms with van der Waals surface area (Å²) in [5.74, 6) is 0.309. The van der Waals surface area contributed by atoms with Gasteiger partial charge in [0.1, 0.15) is 17.7 Å². The average Bonchev–Trinajstić information content (AvgIpc) is 2.95. The van der Waals surface area contributed by atoms with E-state index in [4.69, 9.17) is 0 Å². The van der Waals surface area contributed by atoms with Crippen molar-refractivity contribution in [2.24, 2.45) is 0 Å². The number of carbonyl (C=O) groups is 1. The number of hydrogen-bond donors (Lipinski definition) is 1. The van der Waals surface area contributed by atoms with Gasteiger partial charge in [0.2, 0.25) is 0 Å². The summed E-state index contributed by atoms with van der Waals surface area (Å²) in [6.07, 6.45) is 2.41. The Morgan fingerprint density at radius 3 is 2.67 bits per heavy atom. The Balaban J connectivity index is 2.30. The second-order valence-corrected chi connectivity index (χ2v) is 5.93. The number of aromatic nitrogens is 4. The number of hydrogen-bond acceptors (Lipinski definition) is 4. The molecule has 0 unspecified atom stereocenters. The zero-order valence-electron chi connectivity index (χ0n) is 15.0. The lowest BCUT2D eigenvalue weighted by Crippen LogP contribution is -2.36. The lowest BCUT2D eigenvalue weighted by atomic mass is 10.1. The van der Waals surface area contributed by atoms with E-state index in [0.29, 0.717) is 17.9 Å². The minimum Gasteiger partial charge on any atom is -0.342 e. The molecule has 24 heavy (non-hydrogen) atoms. The molecular weight excluding hydrogens is 306 g/mol. The molecule has 0 saturated carbocycles. The fraction of sp³-hybridized carbons (Fsp3) is 0.529. The third-order valence-electron chi connectivity index (χ3n) is 4.06. The van der Waals surface area contributed by atoms with Crippen LogP contribution in [0.2, 0.25) is 0 Å². The number of aryl methyl sites for hydroxylation is 3. The van der Waals surface area contributed by atoms with Gasteiger partial charge in [0.25, 0.3) is 11.5 Å². The first-order chi connectivity index (χ1) is 11.4. The summed E-state index contributed by atoms with van der Waals surface area (Å²) in [6.45, 7) is 10.7. The van der Waals surface area contributed by atoms with Gasteiger partial charge >= 0.3 is 0 Å². The van der Waals surface area contributed by atoms with Crippen molar-refractivity contribution in [1.29, 1.82) is 0 Å². The van der Waals surface area contributed by atoms with E-state index in [-0.39, 0.29) is 23.1 Å². The molecule has 1 atom stereocenters. The van der Waals surface area contributed by atoms with Crippen LogP contribution in [0.4, 0.5) is 0 Å². The Kier molecular flexibility index (Phi) is 5.54. The highest BCUT2D eigenvalue weighted by Gasteiger charge is 2.21. The monoisotopic (exact) mass is 331 g/mol. The molecule has 130 valence electrons. The van der Waals surface area contributed by atoms with Crippen molar-refractivity contribution in [3.05, 3.63) is 45.4 Å². The Labute approximate surface area is 141 Å². The average molecular weight is 331 g/mol. The number of nitrogens with one attached hydrogen (secondary N) is 1. The van der Waals surface area contributed by atoms with E-state index in [0.717, 1.165) is 18.7 Å². The van der Waals surface area contributed by atoms with Crippen LogP contribution in [0.5, 0.6) is 0 Å². The maximum atomic E-state index is 12.7. The zero-order valence-corrected chi connectivity index (χ0v) is 15.0. The highest BCUT2D eigenvalue weighted by molar-refractivity contribution is 5.95. The van der Waals surface area contributed by atoms with Crippen molar-refractivity contribution < 1.29 is 4.79 Å². The van der Waals surface area contributed by atoms with Crippen molar-refractivity contribution in [1.82, 2.24) is 24.6 Å². The molecule has 0 spiro atoms. The van der Waals surface area contributed by atoms with E-state index in [9.17, 15) is 9.59 Å². The van der Waals surface area contributed by atoms with E-state index in [2.05, 4.69) is 22.3 Å². The van der Waals surface area contributed by atoms with Crippen molar-refractivity contribution in [3.8, 4) is 0 Å². The smallest absolute Gasteiger partial charge is 0.263 e. The van der Waals surface area contributed by atoms with Crippen LogP contribution in [-0.4, -0.2) is 25.2 Å². The van der Waals surface area contributed by atoms with Gasteiger partial charge in [-0.05, 0) is 45.7 Å². The van der Waals surface area contributed by atoms with E-state index in [1.165, 1.54) is 6.33 Å². The first-order valence-electron chi connectivity index (χ1n) is 8.30. The normalized spacial score (nSPS) is 12.2. The molecule has 0 bridgehead atoms. The molecule has 7 heteroatoms. The summed E-state index contributed by atoms with van der Waals surface area (Å²) in [4.78, 5) is 29.5. The van der Waals surface area contributed by atoms with Crippen LogP contribution in [-0.2, 0) is 13.1 Å². The molecule has 1 N–H and O–H groups in total. The van der Waals surface area contributed by atoms with Crippen LogP contribution in [0.25, 0.3) is 0 Å². The second kappa shape index (κ2) is 7.42. The quantitative estimate of drug-likeness (QED) is 0.877. The Morgan fingerprint density at radius 1 is 1.33 bits per heavy atom. The van der Waals surface area contributed by atoms with Gasteiger partial charge in [-0.1, -0.05) is 6.92 Å². The van der Waals surface area contributed by atoms with Crippen molar-refractivity contribution >= 4 is 5.91 Å². The fourth-order valence-corrected chi connectivity index (χ4v) is 2.92. The van der Waals surface area contributed by atoms with Gasteiger partial charge in [0.15, 0.2) is 0 Å². The zero-order chi connectivity index (χ0) is 17.9.